The number of amides is 2. The highest BCUT2D eigenvalue weighted by Crippen LogP contribution is 2.05. The highest BCUT2D eigenvalue weighted by molar-refractivity contribution is 5.90. The molecule has 1 rings (SSSR count). The van der Waals surface area contributed by atoms with Gasteiger partial charge in [0.05, 0.1) is 18.2 Å². The number of rotatable bonds is 8. The molecule has 7 heteroatoms. The third kappa shape index (κ3) is 7.79. The molecule has 0 aliphatic heterocycles. The summed E-state index contributed by atoms with van der Waals surface area (Å²) < 4.78 is 4.85. The van der Waals surface area contributed by atoms with E-state index in [0.717, 1.165) is 12.0 Å². The molecule has 0 radical (unpaired) electrons. The molecule has 0 saturated heterocycles. The molecule has 1 aromatic rings. The van der Waals surface area contributed by atoms with Crippen molar-refractivity contribution in [1.29, 1.82) is 5.26 Å². The molecule has 132 valence electrons. The lowest BCUT2D eigenvalue weighted by atomic mass is 10.1. The van der Waals surface area contributed by atoms with Crippen LogP contribution in [0.1, 0.15) is 24.5 Å². The molecular formula is C18H21N3O4. The third-order valence-corrected chi connectivity index (χ3v) is 3.17. The van der Waals surface area contributed by atoms with Crippen LogP contribution in [0.15, 0.2) is 30.3 Å². The molecule has 1 aromatic carbocycles. The van der Waals surface area contributed by atoms with Gasteiger partial charge in [0.2, 0.25) is 5.91 Å². The lowest BCUT2D eigenvalue weighted by molar-refractivity contribution is -0.148. The number of likely N-dealkylation sites (N-methyl/N-ethyl adjacent to an activating group) is 1. The molecule has 25 heavy (non-hydrogen) atoms. The van der Waals surface area contributed by atoms with Crippen LogP contribution in [0.5, 0.6) is 0 Å². The van der Waals surface area contributed by atoms with Crippen molar-refractivity contribution < 1.29 is 19.1 Å². The summed E-state index contributed by atoms with van der Waals surface area (Å²) >= 11 is 0. The Morgan fingerprint density at radius 1 is 1.28 bits per heavy atom. The van der Waals surface area contributed by atoms with Gasteiger partial charge < -0.3 is 15.0 Å². The van der Waals surface area contributed by atoms with E-state index in [1.54, 1.807) is 24.3 Å². The average Bonchev–Trinajstić information content (AvgIpc) is 2.62. The van der Waals surface area contributed by atoms with Crippen LogP contribution in [0.25, 0.3) is 6.08 Å². The molecule has 0 heterocycles. The zero-order valence-electron chi connectivity index (χ0n) is 14.3. The molecule has 0 aromatic heterocycles. The van der Waals surface area contributed by atoms with E-state index >= 15 is 0 Å². The number of nitriles is 1. The Morgan fingerprint density at radius 3 is 2.56 bits per heavy atom. The van der Waals surface area contributed by atoms with Gasteiger partial charge in [0, 0.05) is 19.7 Å². The minimum Gasteiger partial charge on any atom is -0.452 e. The first kappa shape index (κ1) is 19.9. The van der Waals surface area contributed by atoms with Crippen molar-refractivity contribution in [3.8, 4) is 6.07 Å². The van der Waals surface area contributed by atoms with Gasteiger partial charge in [-0.15, -0.1) is 0 Å². The van der Waals surface area contributed by atoms with E-state index < -0.39 is 18.5 Å². The molecule has 0 aliphatic rings. The van der Waals surface area contributed by atoms with Gasteiger partial charge in [0.1, 0.15) is 0 Å². The molecule has 1 N–H and O–H groups in total. The maximum Gasteiger partial charge on any atom is 0.331 e. The molecule has 0 unspecified atom stereocenters. The number of carbonyl (C=O) groups is 3. The van der Waals surface area contributed by atoms with E-state index in [4.69, 9.17) is 10.00 Å². The van der Waals surface area contributed by atoms with Crippen molar-refractivity contribution in [2.24, 2.45) is 0 Å². The van der Waals surface area contributed by atoms with Crippen LogP contribution >= 0.6 is 0 Å². The summed E-state index contributed by atoms with van der Waals surface area (Å²) in [4.78, 5) is 36.1. The van der Waals surface area contributed by atoms with Gasteiger partial charge >= 0.3 is 5.97 Å². The molecule has 2 amide bonds. The van der Waals surface area contributed by atoms with Crippen molar-refractivity contribution in [3.05, 3.63) is 41.5 Å². The maximum atomic E-state index is 11.8. The summed E-state index contributed by atoms with van der Waals surface area (Å²) in [6, 6.07) is 8.65. The summed E-state index contributed by atoms with van der Waals surface area (Å²) in [7, 11) is 1.47. The monoisotopic (exact) mass is 343 g/mol. The van der Waals surface area contributed by atoms with E-state index in [9.17, 15) is 14.4 Å². The van der Waals surface area contributed by atoms with Crippen LogP contribution in [-0.2, 0) is 19.1 Å². The first-order valence-corrected chi connectivity index (χ1v) is 7.82. The summed E-state index contributed by atoms with van der Waals surface area (Å²) in [5.74, 6) is -1.39. The highest BCUT2D eigenvalue weighted by Gasteiger charge is 2.14. The second-order valence-corrected chi connectivity index (χ2v) is 5.27. The lowest BCUT2D eigenvalue weighted by Crippen LogP contribution is -2.40. The molecule has 0 aliphatic carbocycles. The normalized spacial score (nSPS) is 10.1. The van der Waals surface area contributed by atoms with E-state index in [0.29, 0.717) is 12.1 Å². The van der Waals surface area contributed by atoms with E-state index in [2.05, 4.69) is 5.32 Å². The van der Waals surface area contributed by atoms with Gasteiger partial charge in [-0.25, -0.2) is 4.79 Å². The standard InChI is InChI=1S/C18H21N3O4/c1-3-10-20-16(22)12-21(2)17(23)13-25-18(24)9-8-14-4-6-15(11-19)7-5-14/h4-9H,3,10,12-13H2,1-2H3,(H,20,22)/b9-8+. The fourth-order valence-electron chi connectivity index (χ4n) is 1.75. The number of nitrogens with one attached hydrogen (secondary N) is 1. The van der Waals surface area contributed by atoms with Crippen LogP contribution in [0.2, 0.25) is 0 Å². The topological polar surface area (TPSA) is 99.5 Å². The summed E-state index contributed by atoms with van der Waals surface area (Å²) in [5.41, 5.74) is 1.25. The number of carbonyl (C=O) groups excluding carboxylic acids is 3. The van der Waals surface area contributed by atoms with Gasteiger partial charge in [-0.3, -0.25) is 9.59 Å². The van der Waals surface area contributed by atoms with Crippen molar-refractivity contribution >= 4 is 23.9 Å². The smallest absolute Gasteiger partial charge is 0.331 e. The Labute approximate surface area is 146 Å². The molecule has 0 saturated carbocycles. The fraction of sp³-hybridized carbons (Fsp3) is 0.333. The van der Waals surface area contributed by atoms with Gasteiger partial charge in [-0.1, -0.05) is 19.1 Å². The van der Waals surface area contributed by atoms with Crippen LogP contribution < -0.4 is 5.32 Å². The van der Waals surface area contributed by atoms with Gasteiger partial charge in [0.15, 0.2) is 6.61 Å². The second-order valence-electron chi connectivity index (χ2n) is 5.27. The number of hydrogen-bond acceptors (Lipinski definition) is 5. The number of nitrogens with zero attached hydrogens (tertiary/aromatic N) is 2. The first-order chi connectivity index (χ1) is 12.0. The van der Waals surface area contributed by atoms with Crippen LogP contribution in [0, 0.1) is 11.3 Å². The highest BCUT2D eigenvalue weighted by atomic mass is 16.5. The summed E-state index contributed by atoms with van der Waals surface area (Å²) in [6.07, 6.45) is 3.53. The van der Waals surface area contributed by atoms with Crippen LogP contribution in [0.4, 0.5) is 0 Å². The number of ether oxygens (including phenoxy) is 1. The van der Waals surface area contributed by atoms with Crippen molar-refractivity contribution in [1.82, 2.24) is 10.2 Å². The van der Waals surface area contributed by atoms with Crippen molar-refractivity contribution in [2.45, 2.75) is 13.3 Å². The Morgan fingerprint density at radius 2 is 1.96 bits per heavy atom. The lowest BCUT2D eigenvalue weighted by Gasteiger charge is -2.16. The second kappa shape index (κ2) is 10.6. The molecule has 0 fully saturated rings. The maximum absolute atomic E-state index is 11.8. The molecule has 7 nitrogen and oxygen atoms in total. The largest absolute Gasteiger partial charge is 0.452 e. The third-order valence-electron chi connectivity index (χ3n) is 3.17. The number of esters is 1. The Hall–Kier alpha value is -3.14. The minimum atomic E-state index is -0.665. The van der Waals surface area contributed by atoms with E-state index in [1.807, 2.05) is 13.0 Å². The van der Waals surface area contributed by atoms with Gasteiger partial charge in [-0.2, -0.15) is 5.26 Å². The Kier molecular flexibility index (Phi) is 8.44. The molecule has 0 spiro atoms. The zero-order chi connectivity index (χ0) is 18.7. The summed E-state index contributed by atoms with van der Waals surface area (Å²) in [5, 5.41) is 11.4. The quantitative estimate of drug-likeness (QED) is 0.563. The first-order valence-electron chi connectivity index (χ1n) is 7.82. The fourth-order valence-corrected chi connectivity index (χ4v) is 1.75. The van der Waals surface area contributed by atoms with E-state index in [1.165, 1.54) is 24.1 Å². The van der Waals surface area contributed by atoms with Gasteiger partial charge in [-0.05, 0) is 30.2 Å². The number of hydrogen-bond donors (Lipinski definition) is 1. The number of benzene rings is 1. The van der Waals surface area contributed by atoms with Gasteiger partial charge in [0.25, 0.3) is 5.91 Å². The molecule has 0 atom stereocenters. The van der Waals surface area contributed by atoms with Crippen LogP contribution in [-0.4, -0.2) is 49.4 Å². The van der Waals surface area contributed by atoms with Crippen LogP contribution in [0.3, 0.4) is 0 Å². The summed E-state index contributed by atoms with van der Waals surface area (Å²) in [6.45, 7) is 1.96. The van der Waals surface area contributed by atoms with Crippen molar-refractivity contribution in [2.75, 3.05) is 26.7 Å². The molecular weight excluding hydrogens is 322 g/mol. The SMILES string of the molecule is CCCNC(=O)CN(C)C(=O)COC(=O)/C=C/c1ccc(C#N)cc1. The van der Waals surface area contributed by atoms with Crippen molar-refractivity contribution in [3.63, 3.8) is 0 Å². The minimum absolute atomic E-state index is 0.0858. The Bertz CT molecular complexity index is 675. The molecule has 0 bridgehead atoms. The predicted molar refractivity (Wildman–Crippen MR) is 92.1 cm³/mol. The van der Waals surface area contributed by atoms with E-state index in [-0.39, 0.29) is 12.5 Å². The Balaban J connectivity index is 2.39. The predicted octanol–water partition coefficient (Wildman–Crippen LogP) is 1.10. The average molecular weight is 343 g/mol. The zero-order valence-corrected chi connectivity index (χ0v) is 14.3.